The zero-order valence-electron chi connectivity index (χ0n) is 19.6. The van der Waals surface area contributed by atoms with E-state index in [4.69, 9.17) is 4.74 Å². The number of para-hydroxylation sites is 1. The lowest BCUT2D eigenvalue weighted by Crippen LogP contribution is -2.38. The van der Waals surface area contributed by atoms with E-state index < -0.39 is 10.0 Å². The molecule has 1 amide bonds. The van der Waals surface area contributed by atoms with Crippen molar-refractivity contribution in [2.45, 2.75) is 25.9 Å². The van der Waals surface area contributed by atoms with E-state index in [1.807, 2.05) is 66.4 Å². The van der Waals surface area contributed by atoms with Gasteiger partial charge in [0.1, 0.15) is 5.75 Å². The van der Waals surface area contributed by atoms with Crippen molar-refractivity contribution in [2.75, 3.05) is 18.1 Å². The summed E-state index contributed by atoms with van der Waals surface area (Å²) in [5, 5.41) is 0. The predicted molar refractivity (Wildman–Crippen MR) is 137 cm³/mol. The van der Waals surface area contributed by atoms with Crippen molar-refractivity contribution in [3.63, 3.8) is 0 Å². The maximum atomic E-state index is 13.3. The van der Waals surface area contributed by atoms with Gasteiger partial charge in [-0.25, -0.2) is 8.42 Å². The molecule has 0 heterocycles. The van der Waals surface area contributed by atoms with E-state index in [9.17, 15) is 13.2 Å². The molecule has 0 aliphatic carbocycles. The minimum Gasteiger partial charge on any atom is -0.496 e. The van der Waals surface area contributed by atoms with Crippen molar-refractivity contribution in [3.05, 3.63) is 102 Å². The predicted octanol–water partition coefficient (Wildman–Crippen LogP) is 4.74. The smallest absolute Gasteiger partial charge is 0.247 e. The van der Waals surface area contributed by atoms with Gasteiger partial charge in [-0.05, 0) is 54.3 Å². The Kier molecular flexibility index (Phi) is 8.49. The van der Waals surface area contributed by atoms with Gasteiger partial charge in [0.05, 0.1) is 13.4 Å². The Morgan fingerprint density at radius 1 is 1.00 bits per heavy atom. The molecule has 0 unspecified atom stereocenters. The topological polar surface area (TPSA) is 75.7 Å². The van der Waals surface area contributed by atoms with Crippen LogP contribution >= 0.6 is 0 Å². The molecule has 34 heavy (non-hydrogen) atoms. The largest absolute Gasteiger partial charge is 0.496 e. The molecule has 0 spiro atoms. The zero-order valence-corrected chi connectivity index (χ0v) is 20.5. The van der Waals surface area contributed by atoms with Crippen molar-refractivity contribution < 1.29 is 17.9 Å². The summed E-state index contributed by atoms with van der Waals surface area (Å²) < 4.78 is 30.7. The molecule has 178 valence electrons. The molecule has 0 radical (unpaired) electrons. The van der Waals surface area contributed by atoms with Crippen LogP contribution in [0.5, 0.6) is 5.75 Å². The summed E-state index contributed by atoms with van der Waals surface area (Å²) in [6.07, 6.45) is 5.05. The van der Waals surface area contributed by atoms with Gasteiger partial charge >= 0.3 is 0 Å². The number of anilines is 1. The van der Waals surface area contributed by atoms with E-state index in [2.05, 4.69) is 4.72 Å². The van der Waals surface area contributed by atoms with E-state index in [0.717, 1.165) is 28.7 Å². The van der Waals surface area contributed by atoms with Gasteiger partial charge in [-0.15, -0.1) is 0 Å². The number of benzene rings is 3. The van der Waals surface area contributed by atoms with E-state index in [1.165, 1.54) is 0 Å². The Hall–Kier alpha value is -3.58. The van der Waals surface area contributed by atoms with Crippen LogP contribution in [0.4, 0.5) is 5.69 Å². The molecule has 3 aromatic rings. The van der Waals surface area contributed by atoms with Gasteiger partial charge in [0, 0.05) is 24.4 Å². The number of sulfonamides is 1. The average molecular weight is 479 g/mol. The van der Waals surface area contributed by atoms with E-state index >= 15 is 0 Å². The molecule has 1 atom stereocenters. The number of hydrogen-bond donors (Lipinski definition) is 1. The lowest BCUT2D eigenvalue weighted by molar-refractivity contribution is -0.128. The molecule has 3 rings (SSSR count). The highest BCUT2D eigenvalue weighted by Crippen LogP contribution is 2.22. The number of ether oxygens (including phenoxy) is 1. The second-order valence-corrected chi connectivity index (χ2v) is 9.89. The SMILES string of the molecule is COc1ccccc1C[C@@H](C)N(Cc1ccccc1)C(=O)/C=C\c1ccc(NS(C)(=O)=O)cc1. The standard InChI is InChI=1S/C27H30N2O4S/c1-21(19-24-11-7-8-12-26(24)33-2)29(20-23-9-5-4-6-10-23)27(30)18-15-22-13-16-25(17-14-22)28-34(3,31)32/h4-18,21,28H,19-20H2,1-3H3/b18-15-/t21-/m1/s1. The summed E-state index contributed by atoms with van der Waals surface area (Å²) in [6.45, 7) is 2.52. The number of methoxy groups -OCH3 is 1. The summed E-state index contributed by atoms with van der Waals surface area (Å²) in [4.78, 5) is 15.1. The molecule has 0 aromatic heterocycles. The molecule has 0 fully saturated rings. The normalized spacial score (nSPS) is 12.3. The number of rotatable bonds is 10. The number of nitrogens with zero attached hydrogens (tertiary/aromatic N) is 1. The Morgan fingerprint density at radius 2 is 1.65 bits per heavy atom. The molecule has 0 saturated heterocycles. The van der Waals surface area contributed by atoms with Crippen LogP contribution in [0.25, 0.3) is 6.08 Å². The number of carbonyl (C=O) groups excluding carboxylic acids is 1. The van der Waals surface area contributed by atoms with E-state index in [1.54, 1.807) is 43.5 Å². The van der Waals surface area contributed by atoms with Gasteiger partial charge in [-0.3, -0.25) is 9.52 Å². The second-order valence-electron chi connectivity index (χ2n) is 8.15. The van der Waals surface area contributed by atoms with Gasteiger partial charge in [0.25, 0.3) is 0 Å². The van der Waals surface area contributed by atoms with Crippen LogP contribution in [0.15, 0.2) is 84.9 Å². The van der Waals surface area contributed by atoms with Crippen LogP contribution in [0.2, 0.25) is 0 Å². The van der Waals surface area contributed by atoms with E-state index in [-0.39, 0.29) is 11.9 Å². The first-order valence-corrected chi connectivity index (χ1v) is 12.9. The third-order valence-electron chi connectivity index (χ3n) is 5.35. The van der Waals surface area contributed by atoms with Crippen LogP contribution in [0.1, 0.15) is 23.6 Å². The van der Waals surface area contributed by atoms with Gasteiger partial charge < -0.3 is 9.64 Å². The van der Waals surface area contributed by atoms with E-state index in [0.29, 0.717) is 18.7 Å². The second kappa shape index (κ2) is 11.5. The van der Waals surface area contributed by atoms with Crippen LogP contribution in [-0.2, 0) is 27.8 Å². The molecule has 0 saturated carbocycles. The fourth-order valence-corrected chi connectivity index (χ4v) is 4.23. The Labute approximate surface area is 201 Å². The third kappa shape index (κ3) is 7.49. The summed E-state index contributed by atoms with van der Waals surface area (Å²) in [5.41, 5.74) is 3.36. The van der Waals surface area contributed by atoms with Gasteiger partial charge in [-0.2, -0.15) is 0 Å². The van der Waals surface area contributed by atoms with Gasteiger partial charge in [0.2, 0.25) is 15.9 Å². The van der Waals surface area contributed by atoms with Crippen molar-refractivity contribution in [1.82, 2.24) is 4.90 Å². The highest BCUT2D eigenvalue weighted by molar-refractivity contribution is 7.92. The average Bonchev–Trinajstić information content (AvgIpc) is 2.82. The van der Waals surface area contributed by atoms with Crippen LogP contribution in [0.3, 0.4) is 0 Å². The first kappa shape index (κ1) is 25.1. The lowest BCUT2D eigenvalue weighted by atomic mass is 10.0. The number of carbonyl (C=O) groups is 1. The molecular formula is C27H30N2O4S. The highest BCUT2D eigenvalue weighted by Gasteiger charge is 2.20. The van der Waals surface area contributed by atoms with Crippen molar-refractivity contribution >= 4 is 27.7 Å². The molecule has 0 aliphatic rings. The monoisotopic (exact) mass is 478 g/mol. The maximum absolute atomic E-state index is 13.3. The minimum atomic E-state index is -3.33. The van der Waals surface area contributed by atoms with Crippen molar-refractivity contribution in [1.29, 1.82) is 0 Å². The minimum absolute atomic E-state index is 0.0741. The molecule has 3 aromatic carbocycles. The summed E-state index contributed by atoms with van der Waals surface area (Å²) in [6, 6.07) is 24.5. The quantitative estimate of drug-likeness (QED) is 0.427. The molecule has 7 heteroatoms. The fraction of sp³-hybridized carbons (Fsp3) is 0.222. The molecule has 1 N–H and O–H groups in total. The van der Waals surface area contributed by atoms with Crippen LogP contribution < -0.4 is 9.46 Å². The first-order chi connectivity index (χ1) is 16.2. The molecule has 6 nitrogen and oxygen atoms in total. The number of amides is 1. The molecule has 0 aliphatic heterocycles. The summed E-state index contributed by atoms with van der Waals surface area (Å²) in [5.74, 6) is 0.699. The maximum Gasteiger partial charge on any atom is 0.247 e. The van der Waals surface area contributed by atoms with Gasteiger partial charge in [-0.1, -0.05) is 60.7 Å². The Morgan fingerprint density at radius 3 is 2.29 bits per heavy atom. The highest BCUT2D eigenvalue weighted by atomic mass is 32.2. The summed E-state index contributed by atoms with van der Waals surface area (Å²) >= 11 is 0. The first-order valence-electron chi connectivity index (χ1n) is 11.0. The third-order valence-corrected chi connectivity index (χ3v) is 5.96. The summed E-state index contributed by atoms with van der Waals surface area (Å²) in [7, 11) is -1.69. The van der Waals surface area contributed by atoms with Crippen LogP contribution in [-0.4, -0.2) is 38.6 Å². The van der Waals surface area contributed by atoms with Gasteiger partial charge in [0.15, 0.2) is 0 Å². The Balaban J connectivity index is 1.78. The molecule has 0 bridgehead atoms. The fourth-order valence-electron chi connectivity index (χ4n) is 3.67. The van der Waals surface area contributed by atoms with Crippen molar-refractivity contribution in [3.8, 4) is 5.75 Å². The Bertz CT molecular complexity index is 1220. The molecular weight excluding hydrogens is 448 g/mol. The zero-order chi connectivity index (χ0) is 24.6. The van der Waals surface area contributed by atoms with Crippen molar-refractivity contribution in [2.24, 2.45) is 0 Å². The van der Waals surface area contributed by atoms with Crippen LogP contribution in [0, 0.1) is 0 Å². The lowest BCUT2D eigenvalue weighted by Gasteiger charge is -2.29. The number of nitrogens with one attached hydrogen (secondary N) is 1. The number of hydrogen-bond acceptors (Lipinski definition) is 4.